The molecule has 1 aliphatic heterocycles. The van der Waals surface area contributed by atoms with Crippen molar-refractivity contribution in [1.29, 1.82) is 0 Å². The summed E-state index contributed by atoms with van der Waals surface area (Å²) in [7, 11) is 0. The molecule has 0 unspecified atom stereocenters. The van der Waals surface area contributed by atoms with Crippen LogP contribution in [0, 0.1) is 11.6 Å². The van der Waals surface area contributed by atoms with Crippen molar-refractivity contribution in [3.63, 3.8) is 0 Å². The average molecular weight is 458 g/mol. The van der Waals surface area contributed by atoms with Crippen molar-refractivity contribution in [2.45, 2.75) is 6.42 Å². The number of hydrogen-bond donors (Lipinski definition) is 0. The summed E-state index contributed by atoms with van der Waals surface area (Å²) in [5.74, 6) is -1.65. The number of rotatable bonds is 6. The van der Waals surface area contributed by atoms with Crippen molar-refractivity contribution in [3.05, 3.63) is 45.1 Å². The Bertz CT molecular complexity index is 1020. The molecule has 1 aliphatic rings. The maximum Gasteiger partial charge on any atom is 0.270 e. The predicted molar refractivity (Wildman–Crippen MR) is 112 cm³/mol. The fourth-order valence-electron chi connectivity index (χ4n) is 3.18. The zero-order valence-electron chi connectivity index (χ0n) is 15.4. The largest absolute Gasteiger partial charge is 0.379 e. The highest BCUT2D eigenvalue weighted by molar-refractivity contribution is 7.22. The standard InChI is InChI=1S/C19H18ClF2N3O2S2/c20-16-3-2-14(28-16)18(26)25(5-1-4-24-6-8-27-9-7-24)19-23-17-13(22)10-12(21)11-15(17)29-19/h2-3,10-11H,1,4-9H2. The molecule has 1 amide bonds. The number of fused-ring (bicyclic) bond motifs is 1. The van der Waals surface area contributed by atoms with E-state index >= 15 is 0 Å². The Labute approximate surface area is 179 Å². The van der Waals surface area contributed by atoms with Crippen molar-refractivity contribution in [2.75, 3.05) is 44.3 Å². The van der Waals surface area contributed by atoms with Gasteiger partial charge in [0.15, 0.2) is 10.9 Å². The van der Waals surface area contributed by atoms with Crippen LogP contribution in [0.25, 0.3) is 10.2 Å². The molecule has 0 saturated carbocycles. The zero-order chi connectivity index (χ0) is 20.4. The van der Waals surface area contributed by atoms with Crippen molar-refractivity contribution >= 4 is 55.5 Å². The lowest BCUT2D eigenvalue weighted by Crippen LogP contribution is -2.39. The first-order valence-corrected chi connectivity index (χ1v) is 11.2. The van der Waals surface area contributed by atoms with Gasteiger partial charge in [-0.3, -0.25) is 14.6 Å². The first-order valence-electron chi connectivity index (χ1n) is 9.14. The summed E-state index contributed by atoms with van der Waals surface area (Å²) in [6.45, 7) is 4.36. The van der Waals surface area contributed by atoms with Crippen molar-refractivity contribution in [3.8, 4) is 0 Å². The molecule has 1 fully saturated rings. The van der Waals surface area contributed by atoms with Gasteiger partial charge in [-0.15, -0.1) is 11.3 Å². The number of ether oxygens (including phenoxy) is 1. The van der Waals surface area contributed by atoms with Gasteiger partial charge >= 0.3 is 0 Å². The van der Waals surface area contributed by atoms with E-state index in [1.54, 1.807) is 12.1 Å². The van der Waals surface area contributed by atoms with Gasteiger partial charge in [0.2, 0.25) is 0 Å². The van der Waals surface area contributed by atoms with Crippen LogP contribution in [0.1, 0.15) is 16.1 Å². The number of carbonyl (C=O) groups is 1. The number of carbonyl (C=O) groups excluding carboxylic acids is 1. The molecule has 1 aromatic carbocycles. The molecule has 5 nitrogen and oxygen atoms in total. The number of thiazole rings is 1. The maximum atomic E-state index is 14.1. The summed E-state index contributed by atoms with van der Waals surface area (Å²) in [5, 5.41) is 0.348. The van der Waals surface area contributed by atoms with E-state index in [1.165, 1.54) is 22.3 Å². The minimum atomic E-state index is -0.734. The molecule has 154 valence electrons. The topological polar surface area (TPSA) is 45.7 Å². The van der Waals surface area contributed by atoms with Gasteiger partial charge in [-0.05, 0) is 24.6 Å². The third-order valence-corrected chi connectivity index (χ3v) is 6.87. The van der Waals surface area contributed by atoms with Gasteiger partial charge in [0.25, 0.3) is 5.91 Å². The Balaban J connectivity index is 1.58. The minimum Gasteiger partial charge on any atom is -0.379 e. The van der Waals surface area contributed by atoms with Gasteiger partial charge in [0, 0.05) is 32.2 Å². The third-order valence-electron chi connectivity index (χ3n) is 4.62. The summed E-state index contributed by atoms with van der Waals surface area (Å²) in [6.07, 6.45) is 0.720. The molecule has 0 atom stereocenters. The molecule has 3 aromatic rings. The summed E-state index contributed by atoms with van der Waals surface area (Å²) >= 11 is 8.27. The highest BCUT2D eigenvalue weighted by atomic mass is 35.5. The second-order valence-corrected chi connectivity index (χ2v) is 9.32. The lowest BCUT2D eigenvalue weighted by Gasteiger charge is -2.27. The second kappa shape index (κ2) is 9.01. The molecule has 1 saturated heterocycles. The van der Waals surface area contributed by atoms with Crippen LogP contribution < -0.4 is 4.90 Å². The van der Waals surface area contributed by atoms with Gasteiger partial charge in [-0.2, -0.15) is 0 Å². The summed E-state index contributed by atoms with van der Waals surface area (Å²) in [5.41, 5.74) is 0.0709. The maximum absolute atomic E-state index is 14.1. The van der Waals surface area contributed by atoms with Gasteiger partial charge in [0.05, 0.1) is 27.1 Å². The molecule has 0 radical (unpaired) electrons. The fraction of sp³-hybridized carbons (Fsp3) is 0.368. The van der Waals surface area contributed by atoms with Crippen LogP contribution in [0.2, 0.25) is 4.34 Å². The van der Waals surface area contributed by atoms with E-state index in [2.05, 4.69) is 9.88 Å². The van der Waals surface area contributed by atoms with Crippen molar-refractivity contribution in [2.24, 2.45) is 0 Å². The number of hydrogen-bond acceptors (Lipinski definition) is 6. The van der Waals surface area contributed by atoms with E-state index in [4.69, 9.17) is 16.3 Å². The molecule has 0 spiro atoms. The number of benzene rings is 1. The van der Waals surface area contributed by atoms with Crippen LogP contribution in [0.15, 0.2) is 24.3 Å². The molecule has 0 bridgehead atoms. The second-order valence-electron chi connectivity index (χ2n) is 6.60. The molecule has 0 N–H and O–H groups in total. The van der Waals surface area contributed by atoms with E-state index in [-0.39, 0.29) is 11.4 Å². The van der Waals surface area contributed by atoms with Crippen LogP contribution in [0.4, 0.5) is 13.9 Å². The Morgan fingerprint density at radius 1 is 1.24 bits per heavy atom. The first-order chi connectivity index (χ1) is 14.0. The summed E-state index contributed by atoms with van der Waals surface area (Å²) in [6, 6.07) is 5.37. The Morgan fingerprint density at radius 2 is 2.03 bits per heavy atom. The molecule has 2 aromatic heterocycles. The lowest BCUT2D eigenvalue weighted by atomic mass is 10.3. The number of halogens is 3. The zero-order valence-corrected chi connectivity index (χ0v) is 17.8. The van der Waals surface area contributed by atoms with E-state index in [0.717, 1.165) is 43.5 Å². The number of nitrogens with zero attached hydrogens (tertiary/aromatic N) is 3. The SMILES string of the molecule is O=C(c1ccc(Cl)s1)N(CCCN1CCOCC1)c1nc2c(F)cc(F)cc2s1. The molecule has 4 rings (SSSR count). The molecule has 10 heteroatoms. The van der Waals surface area contributed by atoms with E-state index < -0.39 is 11.6 Å². The summed E-state index contributed by atoms with van der Waals surface area (Å²) < 4.78 is 33.9. The molecular formula is C19H18ClF2N3O2S2. The normalized spacial score (nSPS) is 15.1. The first kappa shape index (κ1) is 20.6. The van der Waals surface area contributed by atoms with E-state index in [9.17, 15) is 13.6 Å². The number of morpholine rings is 1. The summed E-state index contributed by atoms with van der Waals surface area (Å²) in [4.78, 5) is 21.7. The van der Waals surface area contributed by atoms with Gasteiger partial charge in [-0.25, -0.2) is 13.8 Å². The molecule has 29 heavy (non-hydrogen) atoms. The number of aromatic nitrogens is 1. The smallest absolute Gasteiger partial charge is 0.270 e. The van der Waals surface area contributed by atoms with Crippen molar-refractivity contribution in [1.82, 2.24) is 9.88 Å². The van der Waals surface area contributed by atoms with Crippen LogP contribution in [-0.2, 0) is 4.74 Å². The number of thiophene rings is 1. The van der Waals surface area contributed by atoms with Crippen LogP contribution in [0.3, 0.4) is 0 Å². The average Bonchev–Trinajstić information content (AvgIpc) is 3.32. The highest BCUT2D eigenvalue weighted by Crippen LogP contribution is 2.33. The van der Waals surface area contributed by atoms with Crippen LogP contribution in [0.5, 0.6) is 0 Å². The fourth-order valence-corrected chi connectivity index (χ4v) is 5.21. The van der Waals surface area contributed by atoms with Crippen molar-refractivity contribution < 1.29 is 18.3 Å². The Hall–Kier alpha value is -1.65. The van der Waals surface area contributed by atoms with Crippen LogP contribution in [-0.4, -0.2) is 55.2 Å². The quantitative estimate of drug-likeness (QED) is 0.540. The molecule has 3 heterocycles. The Morgan fingerprint density at radius 3 is 2.76 bits per heavy atom. The minimum absolute atomic E-state index is 0.0709. The van der Waals surface area contributed by atoms with E-state index in [0.29, 0.717) is 38.8 Å². The molecular weight excluding hydrogens is 440 g/mol. The predicted octanol–water partition coefficient (Wildman–Crippen LogP) is 4.66. The van der Waals surface area contributed by atoms with Crippen LogP contribution >= 0.6 is 34.3 Å². The van der Waals surface area contributed by atoms with Gasteiger partial charge < -0.3 is 4.74 Å². The number of anilines is 1. The Kier molecular flexibility index (Phi) is 6.41. The highest BCUT2D eigenvalue weighted by Gasteiger charge is 2.24. The molecule has 0 aliphatic carbocycles. The monoisotopic (exact) mass is 457 g/mol. The van der Waals surface area contributed by atoms with E-state index in [1.807, 2.05) is 0 Å². The lowest BCUT2D eigenvalue weighted by molar-refractivity contribution is 0.0376. The van der Waals surface area contributed by atoms with Gasteiger partial charge in [-0.1, -0.05) is 22.9 Å². The third kappa shape index (κ3) is 4.75. The number of amides is 1. The van der Waals surface area contributed by atoms with Gasteiger partial charge in [0.1, 0.15) is 11.3 Å².